The van der Waals surface area contributed by atoms with Crippen molar-refractivity contribution in [3.63, 3.8) is 0 Å². The predicted molar refractivity (Wildman–Crippen MR) is 82.4 cm³/mol. The first-order chi connectivity index (χ1) is 10.8. The molecule has 0 saturated carbocycles. The summed E-state index contributed by atoms with van der Waals surface area (Å²) in [5.74, 6) is 0.828. The number of aryl methyl sites for hydroxylation is 1. The first-order valence-electron chi connectivity index (χ1n) is 7.55. The Morgan fingerprint density at radius 1 is 1.36 bits per heavy atom. The standard InChI is InChI=1S/C17H19N3O2/c1-20-14(11-18)10-17(19-20)13-5-7-15(8-6-13)22-12-16-4-2-3-9-21-16/h5-8,10,16H,2-4,9,12H2,1H3. The molecular weight excluding hydrogens is 278 g/mol. The molecule has 1 fully saturated rings. The van der Waals surface area contributed by atoms with Gasteiger partial charge in [0.25, 0.3) is 0 Å². The van der Waals surface area contributed by atoms with E-state index in [2.05, 4.69) is 11.2 Å². The molecule has 0 aliphatic carbocycles. The molecule has 0 N–H and O–H groups in total. The number of ether oxygens (including phenoxy) is 2. The van der Waals surface area contributed by atoms with E-state index >= 15 is 0 Å². The summed E-state index contributed by atoms with van der Waals surface area (Å²) >= 11 is 0. The highest BCUT2D eigenvalue weighted by molar-refractivity contribution is 5.61. The zero-order valence-corrected chi connectivity index (χ0v) is 12.7. The van der Waals surface area contributed by atoms with Gasteiger partial charge in [0.05, 0.1) is 11.8 Å². The maximum Gasteiger partial charge on any atom is 0.138 e. The predicted octanol–water partition coefficient (Wildman–Crippen LogP) is 2.91. The van der Waals surface area contributed by atoms with E-state index in [1.54, 1.807) is 17.8 Å². The van der Waals surface area contributed by atoms with E-state index < -0.39 is 0 Å². The molecule has 0 bridgehead atoms. The van der Waals surface area contributed by atoms with Gasteiger partial charge in [-0.25, -0.2) is 0 Å². The van der Waals surface area contributed by atoms with Gasteiger partial charge >= 0.3 is 0 Å². The van der Waals surface area contributed by atoms with Crippen molar-refractivity contribution < 1.29 is 9.47 Å². The van der Waals surface area contributed by atoms with E-state index in [0.717, 1.165) is 36.5 Å². The van der Waals surface area contributed by atoms with Crippen molar-refractivity contribution in [3.05, 3.63) is 36.0 Å². The average molecular weight is 297 g/mol. The molecule has 2 aromatic rings. The fourth-order valence-corrected chi connectivity index (χ4v) is 2.56. The summed E-state index contributed by atoms with van der Waals surface area (Å²) in [4.78, 5) is 0. The van der Waals surface area contributed by atoms with Gasteiger partial charge in [-0.15, -0.1) is 0 Å². The number of hydrogen-bond donors (Lipinski definition) is 0. The van der Waals surface area contributed by atoms with Crippen molar-refractivity contribution in [2.45, 2.75) is 25.4 Å². The molecular formula is C17H19N3O2. The van der Waals surface area contributed by atoms with E-state index in [1.807, 2.05) is 24.3 Å². The molecule has 5 heteroatoms. The van der Waals surface area contributed by atoms with Crippen LogP contribution in [0.15, 0.2) is 30.3 Å². The van der Waals surface area contributed by atoms with Crippen LogP contribution in [0.1, 0.15) is 25.0 Å². The Bertz CT molecular complexity index is 664. The van der Waals surface area contributed by atoms with E-state index in [-0.39, 0.29) is 6.10 Å². The Morgan fingerprint density at radius 2 is 2.18 bits per heavy atom. The molecule has 3 rings (SSSR count). The molecule has 1 aromatic carbocycles. The van der Waals surface area contributed by atoms with Gasteiger partial charge in [-0.3, -0.25) is 4.68 Å². The quantitative estimate of drug-likeness (QED) is 0.870. The summed E-state index contributed by atoms with van der Waals surface area (Å²) < 4.78 is 13.0. The summed E-state index contributed by atoms with van der Waals surface area (Å²) in [5, 5.41) is 13.3. The Labute approximate surface area is 130 Å². The topological polar surface area (TPSA) is 60.1 Å². The summed E-state index contributed by atoms with van der Waals surface area (Å²) in [6, 6.07) is 11.7. The molecule has 1 aromatic heterocycles. The molecule has 1 atom stereocenters. The van der Waals surface area contributed by atoms with E-state index in [1.165, 1.54) is 6.42 Å². The zero-order chi connectivity index (χ0) is 15.4. The second kappa shape index (κ2) is 6.63. The van der Waals surface area contributed by atoms with Crippen molar-refractivity contribution in [1.29, 1.82) is 5.26 Å². The highest BCUT2D eigenvalue weighted by Gasteiger charge is 2.14. The van der Waals surface area contributed by atoms with Crippen LogP contribution < -0.4 is 4.74 Å². The molecule has 2 heterocycles. The van der Waals surface area contributed by atoms with Crippen LogP contribution in [0.25, 0.3) is 11.3 Å². The fourth-order valence-electron chi connectivity index (χ4n) is 2.56. The summed E-state index contributed by atoms with van der Waals surface area (Å²) in [6.45, 7) is 1.44. The monoisotopic (exact) mass is 297 g/mol. The van der Waals surface area contributed by atoms with Gasteiger partial charge in [0.1, 0.15) is 24.1 Å². The van der Waals surface area contributed by atoms with Gasteiger partial charge in [0.2, 0.25) is 0 Å². The summed E-state index contributed by atoms with van der Waals surface area (Å²) in [5.41, 5.74) is 2.31. The minimum absolute atomic E-state index is 0.211. The lowest BCUT2D eigenvalue weighted by Crippen LogP contribution is -2.25. The third-order valence-electron chi connectivity index (χ3n) is 3.85. The third kappa shape index (κ3) is 3.29. The van der Waals surface area contributed by atoms with Crippen LogP contribution in [0, 0.1) is 11.3 Å². The van der Waals surface area contributed by atoms with Gasteiger partial charge in [-0.1, -0.05) is 0 Å². The second-order valence-corrected chi connectivity index (χ2v) is 5.47. The smallest absolute Gasteiger partial charge is 0.138 e. The lowest BCUT2D eigenvalue weighted by molar-refractivity contribution is -0.0110. The molecule has 0 amide bonds. The van der Waals surface area contributed by atoms with Crippen LogP contribution in [0.2, 0.25) is 0 Å². The number of hydrogen-bond acceptors (Lipinski definition) is 4. The van der Waals surface area contributed by atoms with Gasteiger partial charge < -0.3 is 9.47 Å². The number of benzene rings is 1. The van der Waals surface area contributed by atoms with E-state index in [4.69, 9.17) is 14.7 Å². The first-order valence-corrected chi connectivity index (χ1v) is 7.55. The van der Waals surface area contributed by atoms with Gasteiger partial charge in [-0.05, 0) is 43.5 Å². The number of rotatable bonds is 4. The Balaban J connectivity index is 1.63. The summed E-state index contributed by atoms with van der Waals surface area (Å²) in [7, 11) is 1.77. The molecule has 1 unspecified atom stereocenters. The molecule has 22 heavy (non-hydrogen) atoms. The van der Waals surface area contributed by atoms with Crippen LogP contribution in [-0.2, 0) is 11.8 Å². The van der Waals surface area contributed by atoms with Crippen LogP contribution >= 0.6 is 0 Å². The van der Waals surface area contributed by atoms with Gasteiger partial charge in [-0.2, -0.15) is 10.4 Å². The van der Waals surface area contributed by atoms with Crippen LogP contribution in [0.3, 0.4) is 0 Å². The van der Waals surface area contributed by atoms with Crippen LogP contribution in [0.4, 0.5) is 0 Å². The Hall–Kier alpha value is -2.32. The maximum absolute atomic E-state index is 8.97. The molecule has 0 spiro atoms. The lowest BCUT2D eigenvalue weighted by Gasteiger charge is -2.22. The molecule has 0 radical (unpaired) electrons. The minimum Gasteiger partial charge on any atom is -0.491 e. The average Bonchev–Trinajstić information content (AvgIpc) is 2.95. The SMILES string of the molecule is Cn1nc(-c2ccc(OCC3CCCCO3)cc2)cc1C#N. The zero-order valence-electron chi connectivity index (χ0n) is 12.7. The van der Waals surface area contributed by atoms with Crippen LogP contribution in [-0.4, -0.2) is 29.1 Å². The van der Waals surface area contributed by atoms with E-state index in [0.29, 0.717) is 12.3 Å². The Kier molecular flexibility index (Phi) is 4.40. The molecule has 1 saturated heterocycles. The van der Waals surface area contributed by atoms with Gasteiger partial charge in [0.15, 0.2) is 0 Å². The first kappa shape index (κ1) is 14.6. The highest BCUT2D eigenvalue weighted by atomic mass is 16.5. The maximum atomic E-state index is 8.97. The largest absolute Gasteiger partial charge is 0.491 e. The minimum atomic E-state index is 0.211. The number of nitriles is 1. The normalized spacial score (nSPS) is 17.9. The Morgan fingerprint density at radius 3 is 2.82 bits per heavy atom. The lowest BCUT2D eigenvalue weighted by atomic mass is 10.1. The van der Waals surface area contributed by atoms with Crippen molar-refractivity contribution in [2.75, 3.05) is 13.2 Å². The van der Waals surface area contributed by atoms with Crippen molar-refractivity contribution in [1.82, 2.24) is 9.78 Å². The number of nitrogens with zero attached hydrogens (tertiary/aromatic N) is 3. The van der Waals surface area contributed by atoms with E-state index in [9.17, 15) is 0 Å². The molecule has 5 nitrogen and oxygen atoms in total. The molecule has 114 valence electrons. The summed E-state index contributed by atoms with van der Waals surface area (Å²) in [6.07, 6.45) is 3.65. The fraction of sp³-hybridized carbons (Fsp3) is 0.412. The van der Waals surface area contributed by atoms with Crippen molar-refractivity contribution in [3.8, 4) is 23.1 Å². The second-order valence-electron chi connectivity index (χ2n) is 5.47. The van der Waals surface area contributed by atoms with Crippen molar-refractivity contribution in [2.24, 2.45) is 7.05 Å². The highest BCUT2D eigenvalue weighted by Crippen LogP contribution is 2.22. The van der Waals surface area contributed by atoms with Gasteiger partial charge in [0, 0.05) is 25.3 Å². The molecule has 1 aliphatic rings. The number of aromatic nitrogens is 2. The third-order valence-corrected chi connectivity index (χ3v) is 3.85. The van der Waals surface area contributed by atoms with Crippen molar-refractivity contribution >= 4 is 0 Å². The van der Waals surface area contributed by atoms with Crippen LogP contribution in [0.5, 0.6) is 5.75 Å². The molecule has 1 aliphatic heterocycles.